The van der Waals surface area contributed by atoms with Gasteiger partial charge in [-0.15, -0.1) is 0 Å². The molecule has 0 saturated heterocycles. The van der Waals surface area contributed by atoms with Crippen molar-refractivity contribution in [3.63, 3.8) is 0 Å². The Labute approximate surface area is 100 Å². The Morgan fingerprint density at radius 1 is 1.00 bits per heavy atom. The Kier molecular flexibility index (Phi) is 9.37. The van der Waals surface area contributed by atoms with Crippen LogP contribution in [0.3, 0.4) is 0 Å². The average molecular weight is 248 g/mol. The molecule has 3 N–H and O–H groups in total. The Morgan fingerprint density at radius 3 is 2.12 bits per heavy atom. The summed E-state index contributed by atoms with van der Waals surface area (Å²) in [6.45, 7) is -0.425. The highest BCUT2D eigenvalue weighted by molar-refractivity contribution is 5.69. The third kappa shape index (κ3) is 9.77. The number of aliphatic hydroxyl groups excluding tert-OH is 2. The van der Waals surface area contributed by atoms with Crippen LogP contribution in [0.4, 0.5) is 0 Å². The minimum absolute atomic E-state index is 0.0148. The van der Waals surface area contributed by atoms with Gasteiger partial charge in [0.1, 0.15) is 0 Å². The molecule has 0 fully saturated rings. The number of hydrogen-bond acceptors (Lipinski definition) is 5. The quantitative estimate of drug-likeness (QED) is 0.376. The fourth-order valence-corrected chi connectivity index (χ4v) is 1.17. The number of esters is 1. The standard InChI is InChI=1S/C11H20O6/c12-6-9(7-13)8-17-11(16)5-3-1-2-4-10(14)15/h9,12-13H,1-8H2,(H,14,15). The number of unbranched alkanes of at least 4 members (excludes halogenated alkanes) is 2. The smallest absolute Gasteiger partial charge is 0.305 e. The van der Waals surface area contributed by atoms with Crippen LogP contribution >= 0.6 is 0 Å². The fourth-order valence-electron chi connectivity index (χ4n) is 1.17. The highest BCUT2D eigenvalue weighted by Crippen LogP contribution is 2.05. The van der Waals surface area contributed by atoms with Crippen LogP contribution in [0.5, 0.6) is 0 Å². The summed E-state index contributed by atoms with van der Waals surface area (Å²) in [6.07, 6.45) is 2.17. The van der Waals surface area contributed by atoms with Crippen molar-refractivity contribution in [2.45, 2.75) is 32.1 Å². The van der Waals surface area contributed by atoms with Crippen molar-refractivity contribution in [1.82, 2.24) is 0 Å². The second-order valence-corrected chi connectivity index (χ2v) is 3.87. The Hall–Kier alpha value is -1.14. The molecule has 0 aliphatic carbocycles. The lowest BCUT2D eigenvalue weighted by Gasteiger charge is -2.11. The lowest BCUT2D eigenvalue weighted by atomic mass is 10.1. The summed E-state index contributed by atoms with van der Waals surface area (Å²) in [5, 5.41) is 25.8. The van der Waals surface area contributed by atoms with E-state index in [1.54, 1.807) is 0 Å². The van der Waals surface area contributed by atoms with E-state index < -0.39 is 11.9 Å². The van der Waals surface area contributed by atoms with Gasteiger partial charge in [0.15, 0.2) is 0 Å². The lowest BCUT2D eigenvalue weighted by molar-refractivity contribution is -0.146. The molecule has 0 bridgehead atoms. The molecule has 0 aliphatic rings. The first-order valence-corrected chi connectivity index (χ1v) is 5.69. The molecule has 0 radical (unpaired) electrons. The van der Waals surface area contributed by atoms with Crippen LogP contribution in [0.15, 0.2) is 0 Å². The van der Waals surface area contributed by atoms with E-state index in [1.807, 2.05) is 0 Å². The van der Waals surface area contributed by atoms with Crippen molar-refractivity contribution in [2.24, 2.45) is 5.92 Å². The monoisotopic (exact) mass is 248 g/mol. The number of aliphatic hydroxyl groups is 2. The molecule has 0 aromatic heterocycles. The largest absolute Gasteiger partial charge is 0.481 e. The summed E-state index contributed by atoms with van der Waals surface area (Å²) in [5.41, 5.74) is 0. The van der Waals surface area contributed by atoms with Crippen LogP contribution in [0.1, 0.15) is 32.1 Å². The molecular formula is C11H20O6. The van der Waals surface area contributed by atoms with Crippen molar-refractivity contribution in [1.29, 1.82) is 0 Å². The van der Waals surface area contributed by atoms with Gasteiger partial charge in [-0.1, -0.05) is 6.42 Å². The zero-order valence-corrected chi connectivity index (χ0v) is 9.80. The van der Waals surface area contributed by atoms with Crippen molar-refractivity contribution in [2.75, 3.05) is 19.8 Å². The molecule has 6 nitrogen and oxygen atoms in total. The molecule has 0 aromatic rings. The van der Waals surface area contributed by atoms with Crippen LogP contribution in [0.2, 0.25) is 0 Å². The molecule has 0 aromatic carbocycles. The Bertz CT molecular complexity index is 224. The average Bonchev–Trinajstić information content (AvgIpc) is 2.29. The maximum atomic E-state index is 11.2. The van der Waals surface area contributed by atoms with Gasteiger partial charge < -0.3 is 20.1 Å². The molecule has 6 heteroatoms. The van der Waals surface area contributed by atoms with Gasteiger partial charge in [-0.05, 0) is 12.8 Å². The summed E-state index contributed by atoms with van der Waals surface area (Å²) >= 11 is 0. The maximum absolute atomic E-state index is 11.2. The van der Waals surface area contributed by atoms with Gasteiger partial charge in [-0.3, -0.25) is 9.59 Å². The molecule has 100 valence electrons. The number of carbonyl (C=O) groups excluding carboxylic acids is 1. The summed E-state index contributed by atoms with van der Waals surface area (Å²) in [6, 6.07) is 0. The van der Waals surface area contributed by atoms with Crippen LogP contribution < -0.4 is 0 Å². The van der Waals surface area contributed by atoms with E-state index in [-0.39, 0.29) is 38.6 Å². The molecule has 0 atom stereocenters. The predicted octanol–water partition coefficient (Wildman–Crippen LogP) is 0.166. The first kappa shape index (κ1) is 15.9. The van der Waals surface area contributed by atoms with E-state index >= 15 is 0 Å². The van der Waals surface area contributed by atoms with Crippen molar-refractivity contribution in [3.05, 3.63) is 0 Å². The third-order valence-electron chi connectivity index (χ3n) is 2.27. The van der Waals surface area contributed by atoms with Gasteiger partial charge in [-0.2, -0.15) is 0 Å². The van der Waals surface area contributed by atoms with Gasteiger partial charge in [0.2, 0.25) is 0 Å². The van der Waals surface area contributed by atoms with Gasteiger partial charge >= 0.3 is 11.9 Å². The molecule has 0 aliphatic heterocycles. The minimum atomic E-state index is -0.832. The van der Waals surface area contributed by atoms with Crippen LogP contribution in [-0.4, -0.2) is 47.1 Å². The van der Waals surface area contributed by atoms with E-state index in [9.17, 15) is 9.59 Å². The summed E-state index contributed by atoms with van der Waals surface area (Å²) in [7, 11) is 0. The van der Waals surface area contributed by atoms with E-state index in [0.717, 1.165) is 0 Å². The van der Waals surface area contributed by atoms with Gasteiger partial charge in [0, 0.05) is 18.8 Å². The Balaban J connectivity index is 3.43. The number of carboxylic acid groups (broad SMARTS) is 1. The van der Waals surface area contributed by atoms with Crippen LogP contribution in [0.25, 0.3) is 0 Å². The van der Waals surface area contributed by atoms with Crippen molar-refractivity contribution >= 4 is 11.9 Å². The number of carboxylic acids is 1. The first-order chi connectivity index (χ1) is 8.10. The molecule has 17 heavy (non-hydrogen) atoms. The maximum Gasteiger partial charge on any atom is 0.305 e. The second kappa shape index (κ2) is 10.0. The fraction of sp³-hybridized carbons (Fsp3) is 0.818. The van der Waals surface area contributed by atoms with E-state index in [4.69, 9.17) is 20.1 Å². The number of ether oxygens (including phenoxy) is 1. The number of rotatable bonds is 10. The number of carbonyl (C=O) groups is 2. The predicted molar refractivity (Wildman–Crippen MR) is 59.3 cm³/mol. The summed E-state index contributed by atoms with van der Waals surface area (Å²) < 4.78 is 4.84. The third-order valence-corrected chi connectivity index (χ3v) is 2.27. The number of aliphatic carboxylic acids is 1. The second-order valence-electron chi connectivity index (χ2n) is 3.87. The molecule has 0 spiro atoms. The summed E-state index contributed by atoms with van der Waals surface area (Å²) in [4.78, 5) is 21.4. The van der Waals surface area contributed by atoms with Gasteiger partial charge in [0.05, 0.1) is 19.8 Å². The lowest BCUT2D eigenvalue weighted by Crippen LogP contribution is -2.20. The zero-order chi connectivity index (χ0) is 13.1. The van der Waals surface area contributed by atoms with Crippen molar-refractivity contribution < 1.29 is 29.6 Å². The molecule has 0 heterocycles. The van der Waals surface area contributed by atoms with E-state index in [1.165, 1.54) is 0 Å². The normalized spacial score (nSPS) is 10.5. The van der Waals surface area contributed by atoms with Gasteiger partial charge in [0.25, 0.3) is 0 Å². The molecule has 0 saturated carbocycles. The van der Waals surface area contributed by atoms with Crippen LogP contribution in [-0.2, 0) is 14.3 Å². The zero-order valence-electron chi connectivity index (χ0n) is 9.80. The minimum Gasteiger partial charge on any atom is -0.481 e. The molecule has 0 rings (SSSR count). The molecule has 0 unspecified atom stereocenters. The Morgan fingerprint density at radius 2 is 1.59 bits per heavy atom. The van der Waals surface area contributed by atoms with E-state index in [0.29, 0.717) is 19.3 Å². The highest BCUT2D eigenvalue weighted by Gasteiger charge is 2.09. The van der Waals surface area contributed by atoms with Gasteiger partial charge in [-0.25, -0.2) is 0 Å². The SMILES string of the molecule is O=C(O)CCCCCC(=O)OCC(CO)CO. The van der Waals surface area contributed by atoms with E-state index in [2.05, 4.69) is 0 Å². The highest BCUT2D eigenvalue weighted by atomic mass is 16.5. The first-order valence-electron chi connectivity index (χ1n) is 5.69. The molecular weight excluding hydrogens is 228 g/mol. The molecule has 0 amide bonds. The van der Waals surface area contributed by atoms with Crippen molar-refractivity contribution in [3.8, 4) is 0 Å². The number of hydrogen-bond donors (Lipinski definition) is 3. The topological polar surface area (TPSA) is 104 Å². The van der Waals surface area contributed by atoms with Crippen LogP contribution in [0, 0.1) is 5.92 Å². The summed E-state index contributed by atoms with van der Waals surface area (Å²) in [5.74, 6) is -1.64.